The van der Waals surface area contributed by atoms with Gasteiger partial charge in [0.15, 0.2) is 0 Å². The maximum atomic E-state index is 13.4. The van der Waals surface area contributed by atoms with Crippen molar-refractivity contribution in [2.45, 2.75) is 6.04 Å². The summed E-state index contributed by atoms with van der Waals surface area (Å²) in [6, 6.07) is 14.6. The van der Waals surface area contributed by atoms with Crippen LogP contribution in [-0.2, 0) is 0 Å². The number of halogens is 2. The van der Waals surface area contributed by atoms with Crippen molar-refractivity contribution in [1.29, 1.82) is 0 Å². The molecule has 28 heavy (non-hydrogen) atoms. The number of carbonyl (C=O) groups excluding carboxylic acids is 1. The molecule has 0 aliphatic carbocycles. The topological polar surface area (TPSA) is 23.6 Å². The first-order chi connectivity index (χ1) is 13.6. The fraction of sp³-hybridized carbons (Fsp3) is 0.227. The Labute approximate surface area is 166 Å². The third kappa shape index (κ3) is 3.98. The van der Waals surface area contributed by atoms with Crippen LogP contribution in [0.2, 0.25) is 0 Å². The highest BCUT2D eigenvalue weighted by atomic mass is 32.1. The second-order valence-electron chi connectivity index (χ2n) is 6.85. The summed E-state index contributed by atoms with van der Waals surface area (Å²) in [5.74, 6) is -0.512. The number of carbonyl (C=O) groups is 1. The fourth-order valence-electron chi connectivity index (χ4n) is 3.66. The van der Waals surface area contributed by atoms with Crippen LogP contribution in [0.5, 0.6) is 0 Å². The lowest BCUT2D eigenvalue weighted by Crippen LogP contribution is -2.49. The largest absolute Gasteiger partial charge is 0.336 e. The highest BCUT2D eigenvalue weighted by molar-refractivity contribution is 7.08. The first-order valence-corrected chi connectivity index (χ1v) is 10.1. The third-order valence-corrected chi connectivity index (χ3v) is 5.79. The van der Waals surface area contributed by atoms with Crippen molar-refractivity contribution >= 4 is 17.2 Å². The highest BCUT2D eigenvalue weighted by Crippen LogP contribution is 2.30. The minimum absolute atomic E-state index is 0.0565. The Kier molecular flexibility index (Phi) is 5.50. The van der Waals surface area contributed by atoms with Gasteiger partial charge in [0.25, 0.3) is 5.91 Å². The maximum absolute atomic E-state index is 13.4. The van der Waals surface area contributed by atoms with Crippen molar-refractivity contribution in [1.82, 2.24) is 9.80 Å². The smallest absolute Gasteiger partial charge is 0.254 e. The molecule has 0 spiro atoms. The molecule has 1 aromatic heterocycles. The quantitative estimate of drug-likeness (QED) is 0.643. The van der Waals surface area contributed by atoms with Crippen LogP contribution in [-0.4, -0.2) is 41.9 Å². The molecular weight excluding hydrogens is 378 g/mol. The van der Waals surface area contributed by atoms with Gasteiger partial charge in [0.05, 0.1) is 11.6 Å². The molecule has 2 heterocycles. The van der Waals surface area contributed by atoms with Crippen LogP contribution in [0, 0.1) is 11.6 Å². The molecule has 2 aromatic carbocycles. The molecule has 1 fully saturated rings. The van der Waals surface area contributed by atoms with Gasteiger partial charge in [0.1, 0.15) is 11.6 Å². The second kappa shape index (κ2) is 8.20. The van der Waals surface area contributed by atoms with Gasteiger partial charge in [-0.25, -0.2) is 8.78 Å². The van der Waals surface area contributed by atoms with E-state index in [-0.39, 0.29) is 23.6 Å². The molecule has 4 rings (SSSR count). The van der Waals surface area contributed by atoms with E-state index >= 15 is 0 Å². The molecule has 0 N–H and O–H groups in total. The minimum Gasteiger partial charge on any atom is -0.336 e. The molecule has 3 nitrogen and oxygen atoms in total. The van der Waals surface area contributed by atoms with Crippen LogP contribution in [0.3, 0.4) is 0 Å². The zero-order chi connectivity index (χ0) is 19.5. The summed E-state index contributed by atoms with van der Waals surface area (Å²) in [4.78, 5) is 16.7. The number of hydrogen-bond acceptors (Lipinski definition) is 3. The zero-order valence-electron chi connectivity index (χ0n) is 15.2. The van der Waals surface area contributed by atoms with E-state index in [1.54, 1.807) is 24.3 Å². The average Bonchev–Trinajstić information content (AvgIpc) is 3.26. The lowest BCUT2D eigenvalue weighted by molar-refractivity contribution is 0.0598. The van der Waals surface area contributed by atoms with Crippen LogP contribution in [0.4, 0.5) is 8.78 Å². The molecule has 1 aliphatic heterocycles. The Morgan fingerprint density at radius 1 is 0.821 bits per heavy atom. The molecule has 0 atom stereocenters. The Morgan fingerprint density at radius 3 is 1.82 bits per heavy atom. The molecule has 0 bridgehead atoms. The summed E-state index contributed by atoms with van der Waals surface area (Å²) in [6.07, 6.45) is 0. The van der Waals surface area contributed by atoms with Gasteiger partial charge in [-0.15, -0.1) is 0 Å². The summed E-state index contributed by atoms with van der Waals surface area (Å²) < 4.78 is 26.8. The van der Waals surface area contributed by atoms with Crippen molar-refractivity contribution in [3.8, 4) is 0 Å². The lowest BCUT2D eigenvalue weighted by Gasteiger charge is -2.39. The first kappa shape index (κ1) is 18.8. The number of hydrogen-bond donors (Lipinski definition) is 0. The van der Waals surface area contributed by atoms with Crippen molar-refractivity contribution < 1.29 is 13.6 Å². The van der Waals surface area contributed by atoms with E-state index in [0.717, 1.165) is 16.7 Å². The van der Waals surface area contributed by atoms with Crippen LogP contribution in [0.25, 0.3) is 0 Å². The van der Waals surface area contributed by atoms with Crippen LogP contribution in [0.15, 0.2) is 65.4 Å². The van der Waals surface area contributed by atoms with Gasteiger partial charge in [-0.05, 0) is 46.8 Å². The first-order valence-electron chi connectivity index (χ1n) is 9.18. The molecule has 144 valence electrons. The molecule has 1 amide bonds. The number of benzene rings is 2. The summed E-state index contributed by atoms with van der Waals surface area (Å²) in [7, 11) is 0. The third-order valence-electron chi connectivity index (χ3n) is 5.11. The van der Waals surface area contributed by atoms with Crippen molar-refractivity contribution in [3.63, 3.8) is 0 Å². The van der Waals surface area contributed by atoms with E-state index in [0.29, 0.717) is 26.2 Å². The van der Waals surface area contributed by atoms with Crippen molar-refractivity contribution in [3.05, 3.63) is 93.7 Å². The predicted octanol–water partition coefficient (Wildman–Crippen LogP) is 4.57. The highest BCUT2D eigenvalue weighted by Gasteiger charge is 2.28. The molecule has 3 aromatic rings. The van der Waals surface area contributed by atoms with Crippen LogP contribution in [0.1, 0.15) is 27.5 Å². The Morgan fingerprint density at radius 2 is 1.36 bits per heavy atom. The predicted molar refractivity (Wildman–Crippen MR) is 106 cm³/mol. The second-order valence-corrected chi connectivity index (χ2v) is 7.63. The summed E-state index contributed by atoms with van der Waals surface area (Å²) >= 11 is 1.52. The van der Waals surface area contributed by atoms with Gasteiger partial charge in [0, 0.05) is 31.6 Å². The molecular formula is C22H20F2N2OS. The molecule has 0 unspecified atom stereocenters. The SMILES string of the molecule is O=C(c1ccsc1)N1CCN(C(c2ccc(F)cc2)c2ccc(F)cc2)CC1. The average molecular weight is 398 g/mol. The zero-order valence-corrected chi connectivity index (χ0v) is 16.0. The van der Waals surface area contributed by atoms with Gasteiger partial charge in [-0.2, -0.15) is 11.3 Å². The van der Waals surface area contributed by atoms with Crippen LogP contribution >= 0.6 is 11.3 Å². The Hall–Kier alpha value is -2.57. The molecule has 0 saturated carbocycles. The van der Waals surface area contributed by atoms with E-state index in [1.807, 2.05) is 21.7 Å². The van der Waals surface area contributed by atoms with Gasteiger partial charge in [-0.1, -0.05) is 24.3 Å². The number of rotatable bonds is 4. The Balaban J connectivity index is 1.55. The number of amides is 1. The normalized spacial score (nSPS) is 15.2. The summed E-state index contributed by atoms with van der Waals surface area (Å²) in [5.41, 5.74) is 2.63. The molecule has 1 aliphatic rings. The number of thiophene rings is 1. The monoisotopic (exact) mass is 398 g/mol. The van der Waals surface area contributed by atoms with Gasteiger partial charge < -0.3 is 4.90 Å². The number of nitrogens with zero attached hydrogens (tertiary/aromatic N) is 2. The standard InChI is InChI=1S/C22H20F2N2OS/c23-19-5-1-16(2-6-19)21(17-3-7-20(24)8-4-17)25-10-12-26(13-11-25)22(27)18-9-14-28-15-18/h1-9,14-15,21H,10-13H2. The van der Waals surface area contributed by atoms with E-state index in [2.05, 4.69) is 4.90 Å². The summed E-state index contributed by atoms with van der Waals surface area (Å²) in [6.45, 7) is 2.62. The van der Waals surface area contributed by atoms with Crippen LogP contribution < -0.4 is 0 Å². The number of piperazine rings is 1. The molecule has 1 saturated heterocycles. The van der Waals surface area contributed by atoms with Gasteiger partial charge in [-0.3, -0.25) is 9.69 Å². The van der Waals surface area contributed by atoms with Gasteiger partial charge >= 0.3 is 0 Å². The van der Waals surface area contributed by atoms with E-state index in [1.165, 1.54) is 35.6 Å². The van der Waals surface area contributed by atoms with Crippen molar-refractivity contribution in [2.75, 3.05) is 26.2 Å². The fourth-order valence-corrected chi connectivity index (χ4v) is 4.29. The maximum Gasteiger partial charge on any atom is 0.254 e. The van der Waals surface area contributed by atoms with E-state index in [4.69, 9.17) is 0 Å². The van der Waals surface area contributed by atoms with Crippen molar-refractivity contribution in [2.24, 2.45) is 0 Å². The molecule has 6 heteroatoms. The van der Waals surface area contributed by atoms with E-state index in [9.17, 15) is 13.6 Å². The Bertz CT molecular complexity index is 873. The minimum atomic E-state index is -0.284. The molecule has 0 radical (unpaired) electrons. The van der Waals surface area contributed by atoms with E-state index < -0.39 is 0 Å². The van der Waals surface area contributed by atoms with Gasteiger partial charge in [0.2, 0.25) is 0 Å². The lowest BCUT2D eigenvalue weighted by atomic mass is 9.96. The summed E-state index contributed by atoms with van der Waals surface area (Å²) in [5, 5.41) is 3.77.